The fourth-order valence-electron chi connectivity index (χ4n) is 5.54. The first kappa shape index (κ1) is 35.8. The first-order valence-electron chi connectivity index (χ1n) is 14.3. The van der Waals surface area contributed by atoms with Gasteiger partial charge in [-0.2, -0.15) is 27.1 Å². The predicted octanol–water partition coefficient (Wildman–Crippen LogP) is 8.38. The summed E-state index contributed by atoms with van der Waals surface area (Å²) in [6, 6.07) is 26.4. The Morgan fingerprint density at radius 3 is 1.18 bits per heavy atom. The molecule has 0 aliphatic heterocycles. The number of hydrogen-bond acceptors (Lipinski definition) is 10. The predicted molar refractivity (Wildman–Crippen MR) is 192 cm³/mol. The van der Waals surface area contributed by atoms with Crippen LogP contribution in [0.25, 0.3) is 32.7 Å². The Morgan fingerprint density at radius 2 is 0.857 bits per heavy atom. The molecule has 0 aliphatic carbocycles. The fraction of sp³-hybridized carbons (Fsp3) is 0.0588. The molecule has 49 heavy (non-hydrogen) atoms. The number of nitrogens with zero attached hydrogens (tertiary/aromatic N) is 4. The maximum atomic E-state index is 12.1. The molecule has 6 N–H and O–H groups in total. The first-order chi connectivity index (χ1) is 22.7. The molecule has 15 heteroatoms. The van der Waals surface area contributed by atoms with Crippen molar-refractivity contribution in [1.82, 2.24) is 0 Å². The van der Waals surface area contributed by atoms with Gasteiger partial charge in [-0.1, -0.05) is 60.7 Å². The number of fused-ring (bicyclic) bond motifs is 2. The first-order valence-corrected chi connectivity index (χ1v) is 17.2. The average molecular weight is 704 g/mol. The van der Waals surface area contributed by atoms with Gasteiger partial charge >= 0.3 is 0 Å². The number of benzene rings is 6. The smallest absolute Gasteiger partial charge is 0.295 e. The minimum atomic E-state index is -4.54. The molecule has 0 saturated heterocycles. The molecule has 0 aromatic heterocycles. The van der Waals surface area contributed by atoms with Crippen molar-refractivity contribution in [3.8, 4) is 11.1 Å². The molecule has 6 aromatic carbocycles. The Morgan fingerprint density at radius 1 is 0.510 bits per heavy atom. The molecule has 0 bridgehead atoms. The topological polar surface area (TPSA) is 210 Å². The van der Waals surface area contributed by atoms with E-state index in [1.807, 2.05) is 38.1 Å². The van der Waals surface area contributed by atoms with E-state index in [4.69, 9.17) is 11.5 Å². The fourth-order valence-corrected chi connectivity index (χ4v) is 6.97. The summed E-state index contributed by atoms with van der Waals surface area (Å²) < 4.78 is 67.8. The van der Waals surface area contributed by atoms with Crippen LogP contribution in [-0.4, -0.2) is 55.5 Å². The van der Waals surface area contributed by atoms with Gasteiger partial charge in [0.1, 0.15) is 21.2 Å². The molecule has 0 atom stereocenters. The van der Waals surface area contributed by atoms with Gasteiger partial charge < -0.3 is 11.5 Å². The van der Waals surface area contributed by atoms with Crippen molar-refractivity contribution < 1.29 is 25.9 Å². The second kappa shape index (κ2) is 13.8. The molecule has 1 radical (unpaired) electrons. The van der Waals surface area contributed by atoms with Crippen LogP contribution in [0.2, 0.25) is 0 Å². The van der Waals surface area contributed by atoms with Crippen molar-refractivity contribution in [2.45, 2.75) is 23.6 Å². The Kier molecular flexibility index (Phi) is 10.0. The summed E-state index contributed by atoms with van der Waals surface area (Å²) in [5.41, 5.74) is 17.8. The zero-order valence-corrected chi connectivity index (χ0v) is 30.2. The van der Waals surface area contributed by atoms with Crippen LogP contribution in [0.4, 0.5) is 34.1 Å². The van der Waals surface area contributed by atoms with Gasteiger partial charge in [-0.05, 0) is 72.5 Å². The number of azo groups is 2. The Labute approximate surface area is 304 Å². The van der Waals surface area contributed by atoms with Gasteiger partial charge in [0.15, 0.2) is 0 Å². The van der Waals surface area contributed by atoms with Crippen molar-refractivity contribution in [3.05, 3.63) is 108 Å². The summed E-state index contributed by atoms with van der Waals surface area (Å²) in [7, 11) is -9.09. The van der Waals surface area contributed by atoms with Crippen LogP contribution in [0.5, 0.6) is 0 Å². The molecule has 0 saturated carbocycles. The van der Waals surface area contributed by atoms with Gasteiger partial charge in [0.05, 0.1) is 22.7 Å². The van der Waals surface area contributed by atoms with Gasteiger partial charge in [0.2, 0.25) is 0 Å². The molecule has 6 rings (SSSR count). The number of hydrogen-bond donors (Lipinski definition) is 4. The summed E-state index contributed by atoms with van der Waals surface area (Å²) in [4.78, 5) is -0.621. The number of nitrogens with two attached hydrogens (primary N) is 2. The molecular formula is C34H28N6NaO6S2. The second-order valence-electron chi connectivity index (χ2n) is 11.1. The van der Waals surface area contributed by atoms with Crippen LogP contribution in [-0.2, 0) is 20.2 Å². The van der Waals surface area contributed by atoms with Crippen molar-refractivity contribution in [2.24, 2.45) is 20.5 Å². The standard InChI is InChI=1S/C34H28N6O6S2.Na/c1-19-15-21(37-39-29-17-31(47(41,42)43)25-7-3-5-9-27(25)33(29)35)11-13-23(19)24-14-12-22(16-20(24)2)38-40-30-18-32(48(44,45)46)26-8-4-6-10-28(26)34(30)36;/h3-18H,35-36H2,1-2H3,(H,41,42,43)(H,44,45,46);. The third-order valence-electron chi connectivity index (χ3n) is 7.87. The molecule has 0 heterocycles. The van der Waals surface area contributed by atoms with E-state index in [1.165, 1.54) is 12.1 Å². The van der Waals surface area contributed by atoms with Crippen LogP contribution in [0.15, 0.2) is 127 Å². The van der Waals surface area contributed by atoms with E-state index in [1.54, 1.807) is 60.7 Å². The van der Waals surface area contributed by atoms with Gasteiger partial charge in [0.25, 0.3) is 20.2 Å². The number of aryl methyl sites for hydroxylation is 2. The second-order valence-corrected chi connectivity index (χ2v) is 13.8. The van der Waals surface area contributed by atoms with E-state index in [0.717, 1.165) is 22.3 Å². The molecule has 0 amide bonds. The van der Waals surface area contributed by atoms with Crippen molar-refractivity contribution in [3.63, 3.8) is 0 Å². The summed E-state index contributed by atoms with van der Waals surface area (Å²) in [6.07, 6.45) is 0. The SMILES string of the molecule is Cc1cc(N=Nc2cc(S(=O)(=O)O)c3ccccc3c2N)ccc1-c1ccc(N=Nc2cc(S(=O)(=O)O)c3ccccc3c2N)cc1C.[Na]. The zero-order chi connectivity index (χ0) is 34.4. The van der Waals surface area contributed by atoms with Crippen LogP contribution in [0.3, 0.4) is 0 Å². The van der Waals surface area contributed by atoms with Crippen LogP contribution in [0, 0.1) is 13.8 Å². The van der Waals surface area contributed by atoms with Crippen LogP contribution in [0.1, 0.15) is 11.1 Å². The van der Waals surface area contributed by atoms with E-state index < -0.39 is 20.2 Å². The van der Waals surface area contributed by atoms with E-state index in [-0.39, 0.29) is 72.9 Å². The van der Waals surface area contributed by atoms with Gasteiger partial charge in [0, 0.05) is 51.1 Å². The average Bonchev–Trinajstić information content (AvgIpc) is 3.03. The van der Waals surface area contributed by atoms with E-state index in [9.17, 15) is 25.9 Å². The van der Waals surface area contributed by atoms with Crippen LogP contribution >= 0.6 is 0 Å². The Balaban J connectivity index is 0.00000468. The molecule has 243 valence electrons. The van der Waals surface area contributed by atoms with Crippen molar-refractivity contribution in [2.75, 3.05) is 11.5 Å². The monoisotopic (exact) mass is 703 g/mol. The Hall–Kier alpha value is -4.54. The minimum absolute atomic E-state index is 0. The van der Waals surface area contributed by atoms with Gasteiger partial charge in [-0.3, -0.25) is 9.11 Å². The van der Waals surface area contributed by atoms with E-state index in [0.29, 0.717) is 22.1 Å². The number of nitrogen functional groups attached to an aromatic ring is 2. The molecule has 6 aromatic rings. The molecule has 12 nitrogen and oxygen atoms in total. The number of anilines is 2. The van der Waals surface area contributed by atoms with Gasteiger partial charge in [-0.25, -0.2) is 0 Å². The summed E-state index contributed by atoms with van der Waals surface area (Å²) >= 11 is 0. The molecule has 0 fully saturated rings. The summed E-state index contributed by atoms with van der Waals surface area (Å²) in [5, 5.41) is 18.4. The van der Waals surface area contributed by atoms with Crippen LogP contribution < -0.4 is 11.5 Å². The third-order valence-corrected chi connectivity index (χ3v) is 9.65. The maximum absolute atomic E-state index is 12.1. The Bertz CT molecular complexity index is 2400. The quantitative estimate of drug-likeness (QED) is 0.0547. The molecule has 0 spiro atoms. The van der Waals surface area contributed by atoms with E-state index in [2.05, 4.69) is 20.5 Å². The maximum Gasteiger partial charge on any atom is 0.295 e. The van der Waals surface area contributed by atoms with Crippen molar-refractivity contribution in [1.29, 1.82) is 0 Å². The van der Waals surface area contributed by atoms with Crippen molar-refractivity contribution >= 4 is 105 Å². The molecule has 0 unspecified atom stereocenters. The molecule has 0 aliphatic rings. The summed E-state index contributed by atoms with van der Waals surface area (Å²) in [6.45, 7) is 3.83. The molecular weight excluding hydrogens is 676 g/mol. The third kappa shape index (κ3) is 7.26. The van der Waals surface area contributed by atoms with Gasteiger partial charge in [-0.15, -0.1) is 10.2 Å². The zero-order valence-electron chi connectivity index (χ0n) is 26.5. The van der Waals surface area contributed by atoms with E-state index >= 15 is 0 Å². The minimum Gasteiger partial charge on any atom is -0.396 e. The number of rotatable bonds is 7. The largest absolute Gasteiger partial charge is 0.396 e. The normalized spacial score (nSPS) is 12.2. The summed E-state index contributed by atoms with van der Waals surface area (Å²) in [5.74, 6) is 0.